The van der Waals surface area contributed by atoms with Crippen LogP contribution in [-0.2, 0) is 6.54 Å². The topological polar surface area (TPSA) is 49.8 Å². The van der Waals surface area contributed by atoms with Crippen molar-refractivity contribution in [3.63, 3.8) is 0 Å². The van der Waals surface area contributed by atoms with E-state index in [1.165, 1.54) is 0 Å². The summed E-state index contributed by atoms with van der Waals surface area (Å²) in [5.74, 6) is 0.524. The Hall–Kier alpha value is -2.33. The van der Waals surface area contributed by atoms with E-state index in [0.717, 1.165) is 5.56 Å². The van der Waals surface area contributed by atoms with Gasteiger partial charge in [0.15, 0.2) is 0 Å². The molecule has 4 nitrogen and oxygen atoms in total. The van der Waals surface area contributed by atoms with E-state index in [1.54, 1.807) is 36.3 Å². The van der Waals surface area contributed by atoms with Gasteiger partial charge in [-0.15, -0.1) is 0 Å². The minimum absolute atomic E-state index is 0.0669. The largest absolute Gasteiger partial charge is 0.497 e. The molecule has 0 radical (unpaired) electrons. The summed E-state index contributed by atoms with van der Waals surface area (Å²) in [6.07, 6.45) is 0. The minimum atomic E-state index is -0.119. The number of hydrogen-bond acceptors (Lipinski definition) is 3. The number of aliphatic hydroxyl groups is 1. The van der Waals surface area contributed by atoms with E-state index >= 15 is 0 Å². The molecule has 0 aliphatic carbocycles. The van der Waals surface area contributed by atoms with Gasteiger partial charge >= 0.3 is 0 Å². The molecule has 0 fully saturated rings. The third-order valence-electron chi connectivity index (χ3n) is 3.19. The molecule has 0 heterocycles. The van der Waals surface area contributed by atoms with Crippen molar-refractivity contribution in [2.24, 2.45) is 0 Å². The standard InChI is InChI=1S/C17H19NO3/c1-21-16-9-5-8-15(12-16)17(20)18(10-11-19)13-14-6-3-2-4-7-14/h2-9,12,19H,10-11,13H2,1H3. The van der Waals surface area contributed by atoms with Crippen LogP contribution in [0.1, 0.15) is 15.9 Å². The second-order valence-electron chi connectivity index (χ2n) is 4.67. The van der Waals surface area contributed by atoms with Gasteiger partial charge in [-0.25, -0.2) is 0 Å². The number of carbonyl (C=O) groups excluding carboxylic acids is 1. The SMILES string of the molecule is COc1cccc(C(=O)N(CCO)Cc2ccccc2)c1. The molecule has 0 spiro atoms. The van der Waals surface area contributed by atoms with Crippen molar-refractivity contribution in [1.82, 2.24) is 4.90 Å². The number of rotatable bonds is 6. The monoisotopic (exact) mass is 285 g/mol. The fourth-order valence-electron chi connectivity index (χ4n) is 2.12. The van der Waals surface area contributed by atoms with Gasteiger partial charge in [-0.1, -0.05) is 36.4 Å². The molecule has 1 N–H and O–H groups in total. The van der Waals surface area contributed by atoms with Crippen molar-refractivity contribution in [1.29, 1.82) is 0 Å². The Morgan fingerprint density at radius 2 is 1.90 bits per heavy atom. The first-order chi connectivity index (χ1) is 10.2. The summed E-state index contributed by atoms with van der Waals surface area (Å²) in [4.78, 5) is 14.2. The first-order valence-electron chi connectivity index (χ1n) is 6.82. The zero-order valence-electron chi connectivity index (χ0n) is 12.0. The second-order valence-corrected chi connectivity index (χ2v) is 4.67. The summed E-state index contributed by atoms with van der Waals surface area (Å²) in [7, 11) is 1.57. The minimum Gasteiger partial charge on any atom is -0.497 e. The van der Waals surface area contributed by atoms with E-state index < -0.39 is 0 Å². The highest BCUT2D eigenvalue weighted by Gasteiger charge is 2.16. The molecule has 0 saturated carbocycles. The number of benzene rings is 2. The second kappa shape index (κ2) is 7.45. The van der Waals surface area contributed by atoms with Crippen LogP contribution in [-0.4, -0.2) is 36.2 Å². The summed E-state index contributed by atoms with van der Waals surface area (Å²) in [6, 6.07) is 16.8. The van der Waals surface area contributed by atoms with Crippen LogP contribution in [0, 0.1) is 0 Å². The van der Waals surface area contributed by atoms with E-state index in [-0.39, 0.29) is 12.5 Å². The summed E-state index contributed by atoms with van der Waals surface area (Å²) >= 11 is 0. The molecule has 2 aromatic rings. The highest BCUT2D eigenvalue weighted by atomic mass is 16.5. The lowest BCUT2D eigenvalue weighted by Crippen LogP contribution is -2.33. The average molecular weight is 285 g/mol. The van der Waals surface area contributed by atoms with E-state index in [9.17, 15) is 9.90 Å². The van der Waals surface area contributed by atoms with Gasteiger partial charge in [0, 0.05) is 18.7 Å². The Kier molecular flexibility index (Phi) is 5.35. The maximum atomic E-state index is 12.6. The molecular weight excluding hydrogens is 266 g/mol. The van der Waals surface area contributed by atoms with Crippen LogP contribution in [0.25, 0.3) is 0 Å². The van der Waals surface area contributed by atoms with Crippen molar-refractivity contribution in [2.75, 3.05) is 20.3 Å². The van der Waals surface area contributed by atoms with Crippen LogP contribution >= 0.6 is 0 Å². The quantitative estimate of drug-likeness (QED) is 0.886. The van der Waals surface area contributed by atoms with Gasteiger partial charge in [0.1, 0.15) is 5.75 Å². The lowest BCUT2D eigenvalue weighted by atomic mass is 10.1. The van der Waals surface area contributed by atoms with Crippen LogP contribution in [0.3, 0.4) is 0 Å². The molecule has 4 heteroatoms. The van der Waals surface area contributed by atoms with Crippen LogP contribution < -0.4 is 4.74 Å². The van der Waals surface area contributed by atoms with Crippen LogP contribution in [0.4, 0.5) is 0 Å². The summed E-state index contributed by atoms with van der Waals surface area (Å²) < 4.78 is 5.14. The molecule has 0 bridgehead atoms. The molecule has 0 aromatic heterocycles. The molecule has 21 heavy (non-hydrogen) atoms. The first kappa shape index (κ1) is 15.1. The summed E-state index contributed by atoms with van der Waals surface area (Å²) in [5.41, 5.74) is 1.58. The highest BCUT2D eigenvalue weighted by Crippen LogP contribution is 2.15. The molecule has 1 amide bonds. The third kappa shape index (κ3) is 4.07. The van der Waals surface area contributed by atoms with Crippen molar-refractivity contribution in [3.05, 3.63) is 65.7 Å². The van der Waals surface area contributed by atoms with E-state index in [2.05, 4.69) is 0 Å². The van der Waals surface area contributed by atoms with Gasteiger partial charge in [0.25, 0.3) is 5.91 Å². The normalized spacial score (nSPS) is 10.2. The average Bonchev–Trinajstić information content (AvgIpc) is 2.55. The van der Waals surface area contributed by atoms with Gasteiger partial charge in [-0.2, -0.15) is 0 Å². The van der Waals surface area contributed by atoms with Crippen LogP contribution in [0.5, 0.6) is 5.75 Å². The number of nitrogens with zero attached hydrogens (tertiary/aromatic N) is 1. The van der Waals surface area contributed by atoms with Gasteiger partial charge in [-0.3, -0.25) is 4.79 Å². The number of aliphatic hydroxyl groups excluding tert-OH is 1. The maximum Gasteiger partial charge on any atom is 0.254 e. The van der Waals surface area contributed by atoms with Crippen LogP contribution in [0.15, 0.2) is 54.6 Å². The molecule has 0 saturated heterocycles. The maximum absolute atomic E-state index is 12.6. The molecule has 2 rings (SSSR count). The predicted molar refractivity (Wildman–Crippen MR) is 81.3 cm³/mol. The molecule has 0 aliphatic heterocycles. The highest BCUT2D eigenvalue weighted by molar-refractivity contribution is 5.94. The number of carbonyl (C=O) groups is 1. The van der Waals surface area contributed by atoms with Crippen molar-refractivity contribution in [2.45, 2.75) is 6.54 Å². The summed E-state index contributed by atoms with van der Waals surface area (Å²) in [5, 5.41) is 9.19. The zero-order chi connectivity index (χ0) is 15.1. The fourth-order valence-corrected chi connectivity index (χ4v) is 2.12. The van der Waals surface area contributed by atoms with Gasteiger partial charge < -0.3 is 14.7 Å². The number of hydrogen-bond donors (Lipinski definition) is 1. The fraction of sp³-hybridized carbons (Fsp3) is 0.235. The Morgan fingerprint density at radius 3 is 2.57 bits per heavy atom. The van der Waals surface area contributed by atoms with Gasteiger partial charge in [-0.05, 0) is 23.8 Å². The van der Waals surface area contributed by atoms with Crippen molar-refractivity contribution < 1.29 is 14.6 Å². The molecule has 110 valence electrons. The van der Waals surface area contributed by atoms with E-state index in [1.807, 2.05) is 30.3 Å². The van der Waals surface area contributed by atoms with E-state index in [4.69, 9.17) is 4.74 Å². The lowest BCUT2D eigenvalue weighted by molar-refractivity contribution is 0.0707. The number of ether oxygens (including phenoxy) is 1. The molecule has 0 unspecified atom stereocenters. The molecule has 0 aliphatic rings. The first-order valence-corrected chi connectivity index (χ1v) is 6.82. The van der Waals surface area contributed by atoms with Gasteiger partial charge in [0.2, 0.25) is 0 Å². The molecule has 0 atom stereocenters. The zero-order valence-corrected chi connectivity index (χ0v) is 12.0. The van der Waals surface area contributed by atoms with Crippen molar-refractivity contribution in [3.8, 4) is 5.75 Å². The Morgan fingerprint density at radius 1 is 1.14 bits per heavy atom. The smallest absolute Gasteiger partial charge is 0.254 e. The predicted octanol–water partition coefficient (Wildman–Crippen LogP) is 2.33. The van der Waals surface area contributed by atoms with Crippen molar-refractivity contribution >= 4 is 5.91 Å². The third-order valence-corrected chi connectivity index (χ3v) is 3.19. The molecule has 2 aromatic carbocycles. The summed E-state index contributed by atoms with van der Waals surface area (Å²) in [6.45, 7) is 0.699. The number of methoxy groups -OCH3 is 1. The molecular formula is C17H19NO3. The Bertz CT molecular complexity index is 584. The number of amides is 1. The van der Waals surface area contributed by atoms with Crippen LogP contribution in [0.2, 0.25) is 0 Å². The van der Waals surface area contributed by atoms with E-state index in [0.29, 0.717) is 24.4 Å². The lowest BCUT2D eigenvalue weighted by Gasteiger charge is -2.22. The van der Waals surface area contributed by atoms with Gasteiger partial charge in [0.05, 0.1) is 13.7 Å². The Labute approximate surface area is 124 Å². The Balaban J connectivity index is 2.18.